The standard InChI is InChI=1S/C28H29ClO7/c1-16-13-19(31)18-15-27(11-7-8-12-30,17-9-5-4-6-10-17)36-26(18)28(16)25(32)22-20(33-2)14-21(34-3)23(29)24(22)35-28/h4-6,9-10,14,16,30H,7-8,11-13,15H2,1-3H3/t16-,27-,28-/m1/s1. The molecule has 190 valence electrons. The third-order valence-electron chi connectivity index (χ3n) is 7.60. The summed E-state index contributed by atoms with van der Waals surface area (Å²) in [5.41, 5.74) is -0.782. The molecule has 1 aliphatic carbocycles. The van der Waals surface area contributed by atoms with Gasteiger partial charge in [0.15, 0.2) is 17.3 Å². The van der Waals surface area contributed by atoms with Gasteiger partial charge in [-0.05, 0) is 24.8 Å². The highest BCUT2D eigenvalue weighted by atomic mass is 35.5. The maximum absolute atomic E-state index is 14.2. The average Bonchev–Trinajstić information content (AvgIpc) is 3.43. The van der Waals surface area contributed by atoms with Crippen molar-refractivity contribution in [3.8, 4) is 17.2 Å². The Morgan fingerprint density at radius 1 is 1.08 bits per heavy atom. The minimum atomic E-state index is -1.54. The van der Waals surface area contributed by atoms with Gasteiger partial charge in [-0.25, -0.2) is 0 Å². The molecular formula is C28H29ClO7. The molecule has 8 heteroatoms. The fourth-order valence-electron chi connectivity index (χ4n) is 5.74. The third kappa shape index (κ3) is 3.44. The number of hydrogen-bond acceptors (Lipinski definition) is 7. The predicted octanol–water partition coefficient (Wildman–Crippen LogP) is 5.01. The number of hydrogen-bond donors (Lipinski definition) is 1. The minimum absolute atomic E-state index is 0.0499. The highest BCUT2D eigenvalue weighted by Gasteiger charge is 2.65. The number of rotatable bonds is 7. The van der Waals surface area contributed by atoms with Gasteiger partial charge in [0.1, 0.15) is 27.7 Å². The Morgan fingerprint density at radius 3 is 2.47 bits per heavy atom. The van der Waals surface area contributed by atoms with Crippen molar-refractivity contribution in [1.29, 1.82) is 0 Å². The lowest BCUT2D eigenvalue weighted by Gasteiger charge is -2.38. The van der Waals surface area contributed by atoms with Crippen molar-refractivity contribution >= 4 is 23.2 Å². The molecule has 36 heavy (non-hydrogen) atoms. The fraction of sp³-hybridized carbons (Fsp3) is 0.429. The number of carbonyl (C=O) groups excluding carboxylic acids is 2. The Balaban J connectivity index is 1.65. The number of aliphatic hydroxyl groups excluding tert-OH is 1. The van der Waals surface area contributed by atoms with Gasteiger partial charge in [-0.1, -0.05) is 48.9 Å². The van der Waals surface area contributed by atoms with Crippen LogP contribution >= 0.6 is 11.6 Å². The second-order valence-corrected chi connectivity index (χ2v) is 10.00. The number of aliphatic hydroxyl groups is 1. The highest BCUT2D eigenvalue weighted by Crippen LogP contribution is 2.59. The number of benzene rings is 2. The zero-order chi connectivity index (χ0) is 25.7. The van der Waals surface area contributed by atoms with Gasteiger partial charge in [0.25, 0.3) is 0 Å². The summed E-state index contributed by atoms with van der Waals surface area (Å²) in [6, 6.07) is 11.3. The van der Waals surface area contributed by atoms with Gasteiger partial charge >= 0.3 is 0 Å². The van der Waals surface area contributed by atoms with Gasteiger partial charge in [-0.15, -0.1) is 0 Å². The van der Waals surface area contributed by atoms with Crippen LogP contribution < -0.4 is 14.2 Å². The van der Waals surface area contributed by atoms with E-state index >= 15 is 0 Å². The van der Waals surface area contributed by atoms with E-state index in [0.717, 1.165) is 5.56 Å². The summed E-state index contributed by atoms with van der Waals surface area (Å²) < 4.78 is 24.1. The quantitative estimate of drug-likeness (QED) is 0.521. The van der Waals surface area contributed by atoms with Gasteiger partial charge < -0.3 is 24.1 Å². The monoisotopic (exact) mass is 512 g/mol. The average molecular weight is 513 g/mol. The Morgan fingerprint density at radius 2 is 1.81 bits per heavy atom. The van der Waals surface area contributed by atoms with Crippen molar-refractivity contribution in [2.24, 2.45) is 5.92 Å². The van der Waals surface area contributed by atoms with Crippen molar-refractivity contribution in [1.82, 2.24) is 0 Å². The zero-order valence-electron chi connectivity index (χ0n) is 20.6. The Hall–Kier alpha value is -3.03. The number of Topliss-reactive ketones (excluding diaryl/α,β-unsaturated/α-hetero) is 2. The van der Waals surface area contributed by atoms with Crippen molar-refractivity contribution in [3.05, 3.63) is 63.9 Å². The minimum Gasteiger partial charge on any atom is -0.496 e. The molecule has 2 aromatic rings. The molecule has 0 unspecified atom stereocenters. The number of ketones is 2. The van der Waals surface area contributed by atoms with Crippen LogP contribution in [-0.2, 0) is 15.1 Å². The van der Waals surface area contributed by atoms with Gasteiger partial charge in [-0.2, -0.15) is 0 Å². The smallest absolute Gasteiger partial charge is 0.231 e. The predicted molar refractivity (Wildman–Crippen MR) is 133 cm³/mol. The zero-order valence-corrected chi connectivity index (χ0v) is 21.3. The lowest BCUT2D eigenvalue weighted by molar-refractivity contribution is -0.119. The van der Waals surface area contributed by atoms with Crippen molar-refractivity contribution in [2.45, 2.75) is 50.2 Å². The number of ether oxygens (including phenoxy) is 4. The van der Waals surface area contributed by atoms with Gasteiger partial charge in [0.05, 0.1) is 14.2 Å². The van der Waals surface area contributed by atoms with Gasteiger partial charge in [0, 0.05) is 37.0 Å². The summed E-state index contributed by atoms with van der Waals surface area (Å²) in [4.78, 5) is 27.5. The van der Waals surface area contributed by atoms with E-state index in [1.165, 1.54) is 14.2 Å². The van der Waals surface area contributed by atoms with Crippen LogP contribution in [-0.4, -0.2) is 43.1 Å². The number of halogens is 1. The molecule has 0 fully saturated rings. The van der Waals surface area contributed by atoms with E-state index in [4.69, 9.17) is 30.5 Å². The van der Waals surface area contributed by atoms with E-state index in [9.17, 15) is 14.7 Å². The van der Waals surface area contributed by atoms with Gasteiger partial charge in [0.2, 0.25) is 11.4 Å². The van der Waals surface area contributed by atoms with E-state index in [1.807, 2.05) is 37.3 Å². The molecule has 5 rings (SSSR count). The molecule has 3 aliphatic rings. The Labute approximate surface area is 214 Å². The molecule has 0 amide bonds. The number of carbonyl (C=O) groups is 2. The molecule has 2 aliphatic heterocycles. The molecule has 2 aromatic carbocycles. The van der Waals surface area contributed by atoms with Crippen molar-refractivity contribution < 1.29 is 33.6 Å². The van der Waals surface area contributed by atoms with E-state index in [1.54, 1.807) is 6.07 Å². The normalized spacial score (nSPS) is 26.5. The summed E-state index contributed by atoms with van der Waals surface area (Å²) in [6.07, 6.45) is 2.33. The van der Waals surface area contributed by atoms with Crippen LogP contribution in [0.5, 0.6) is 17.2 Å². The van der Waals surface area contributed by atoms with Crippen LogP contribution in [0.4, 0.5) is 0 Å². The van der Waals surface area contributed by atoms with E-state index in [2.05, 4.69) is 0 Å². The number of fused-ring (bicyclic) bond motifs is 2. The van der Waals surface area contributed by atoms with Crippen LogP contribution in [0.3, 0.4) is 0 Å². The Bertz CT molecular complexity index is 1250. The first-order valence-corrected chi connectivity index (χ1v) is 12.5. The summed E-state index contributed by atoms with van der Waals surface area (Å²) >= 11 is 6.60. The Kier molecular flexibility index (Phi) is 6.25. The van der Waals surface area contributed by atoms with E-state index in [-0.39, 0.29) is 52.4 Å². The van der Waals surface area contributed by atoms with Crippen LogP contribution in [0, 0.1) is 5.92 Å². The van der Waals surface area contributed by atoms with Crippen molar-refractivity contribution in [3.63, 3.8) is 0 Å². The first-order chi connectivity index (χ1) is 17.3. The van der Waals surface area contributed by atoms with Crippen molar-refractivity contribution in [2.75, 3.05) is 20.8 Å². The SMILES string of the molecule is COc1cc(OC)c2c(c1Cl)O[C@]1(C2=O)C2=C(C[C@](CCCCO)(c3ccccc3)O2)C(=O)C[C@H]1C. The summed E-state index contributed by atoms with van der Waals surface area (Å²) in [5.74, 6) is 0.149. The maximum atomic E-state index is 14.2. The molecule has 7 nitrogen and oxygen atoms in total. The molecule has 2 heterocycles. The first kappa shape index (κ1) is 24.7. The first-order valence-electron chi connectivity index (χ1n) is 12.1. The van der Waals surface area contributed by atoms with Crippen LogP contribution in [0.1, 0.15) is 54.9 Å². The molecule has 1 N–H and O–H groups in total. The molecular weight excluding hydrogens is 484 g/mol. The largest absolute Gasteiger partial charge is 0.496 e. The summed E-state index contributed by atoms with van der Waals surface area (Å²) in [5, 5.41) is 9.56. The molecule has 3 atom stereocenters. The molecule has 1 spiro atoms. The van der Waals surface area contributed by atoms with Crippen LogP contribution in [0.2, 0.25) is 5.02 Å². The highest BCUT2D eigenvalue weighted by molar-refractivity contribution is 6.35. The lowest BCUT2D eigenvalue weighted by atomic mass is 9.72. The van der Waals surface area contributed by atoms with Crippen LogP contribution in [0.15, 0.2) is 47.7 Å². The van der Waals surface area contributed by atoms with Gasteiger partial charge in [-0.3, -0.25) is 9.59 Å². The number of methoxy groups -OCH3 is 2. The number of unbranched alkanes of at least 4 members (excludes halogenated alkanes) is 1. The molecule has 0 aromatic heterocycles. The topological polar surface area (TPSA) is 91.3 Å². The van der Waals surface area contributed by atoms with E-state index < -0.39 is 17.1 Å². The molecule has 0 saturated heterocycles. The lowest BCUT2D eigenvalue weighted by Crippen LogP contribution is -2.52. The fourth-order valence-corrected chi connectivity index (χ4v) is 6.00. The third-order valence-corrected chi connectivity index (χ3v) is 7.96. The molecule has 0 radical (unpaired) electrons. The summed E-state index contributed by atoms with van der Waals surface area (Å²) in [7, 11) is 2.94. The van der Waals surface area contributed by atoms with Crippen LogP contribution in [0.25, 0.3) is 0 Å². The summed E-state index contributed by atoms with van der Waals surface area (Å²) in [6.45, 7) is 1.88. The second-order valence-electron chi connectivity index (χ2n) is 9.62. The second kappa shape index (κ2) is 9.12. The molecule has 0 saturated carbocycles. The van der Waals surface area contributed by atoms with E-state index in [0.29, 0.717) is 37.0 Å². The molecule has 0 bridgehead atoms. The maximum Gasteiger partial charge on any atom is 0.231 e.